The second-order valence-corrected chi connectivity index (χ2v) is 31.6. The number of aromatic hydroxyl groups is 1. The summed E-state index contributed by atoms with van der Waals surface area (Å²) in [7, 11) is 1.65. The monoisotopic (exact) mass is 1650 g/mol. The molecule has 1 saturated heterocycles. The summed E-state index contributed by atoms with van der Waals surface area (Å²) in [5, 5.41) is 86.3. The van der Waals surface area contributed by atoms with E-state index in [1.54, 1.807) is 134 Å². The number of hydrogen-bond donors (Lipinski definition) is 20. The molecule has 0 radical (unpaired) electrons. The molecule has 2 heterocycles. The molecule has 7 aromatic rings. The first-order valence-electron chi connectivity index (χ1n) is 38.6. The molecule has 1 fully saturated rings. The zero-order valence-corrected chi connectivity index (χ0v) is 67.0. The van der Waals surface area contributed by atoms with Crippen LogP contribution in [0.4, 0.5) is 0 Å². The fraction of sp³-hybridized carbons (Fsp3) is 0.398. The fourth-order valence-corrected chi connectivity index (χ4v) is 15.1. The van der Waals surface area contributed by atoms with Crippen molar-refractivity contribution in [1.82, 2.24) is 68.8 Å². The molecule has 32 nitrogen and oxygen atoms in total. The number of nitrogens with one attached hydrogen (secondary N) is 13. The molecule has 6 aromatic carbocycles. The molecule has 117 heavy (non-hydrogen) atoms. The highest BCUT2D eigenvalue weighted by molar-refractivity contribution is 8.76. The lowest BCUT2D eigenvalue weighted by molar-refractivity contribution is -0.142. The summed E-state index contributed by atoms with van der Waals surface area (Å²) in [6.07, 6.45) is -2.69. The van der Waals surface area contributed by atoms with Crippen LogP contribution in [0.2, 0.25) is 0 Å². The number of unbranched alkanes of at least 4 members (excludes halogenated alkanes) is 1. The number of aromatic amines is 1. The summed E-state index contributed by atoms with van der Waals surface area (Å²) in [4.78, 5) is 180. The van der Waals surface area contributed by atoms with Crippen LogP contribution in [0.25, 0.3) is 10.9 Å². The van der Waals surface area contributed by atoms with Crippen LogP contribution in [0.3, 0.4) is 0 Å². The molecule has 8 rings (SSSR count). The maximum Gasteiger partial charge on any atom is 0.327 e. The fourth-order valence-electron chi connectivity index (χ4n) is 12.7. The maximum absolute atomic E-state index is 15.7. The predicted molar refractivity (Wildman–Crippen MR) is 441 cm³/mol. The third-order valence-electron chi connectivity index (χ3n) is 19.3. The van der Waals surface area contributed by atoms with Crippen LogP contribution in [0.1, 0.15) is 85.9 Å². The molecule has 626 valence electrons. The topological polar surface area (TPSA) is 518 Å². The second-order valence-electron chi connectivity index (χ2n) is 29.0. The summed E-state index contributed by atoms with van der Waals surface area (Å²) in [5.41, 5.74) is 17.0. The third-order valence-corrected chi connectivity index (χ3v) is 21.8. The molecule has 22 N–H and O–H groups in total. The Morgan fingerprint density at radius 3 is 1.33 bits per heavy atom. The molecule has 1 aromatic heterocycles. The number of carboxylic acid groups (broad SMARTS) is 1. The van der Waals surface area contributed by atoms with Gasteiger partial charge >= 0.3 is 5.97 Å². The molecule has 0 saturated carbocycles. The Balaban J connectivity index is 1.22. The summed E-state index contributed by atoms with van der Waals surface area (Å²) in [6.45, 7) is 5.73. The molecule has 0 spiro atoms. The van der Waals surface area contributed by atoms with Crippen molar-refractivity contribution in [2.75, 3.05) is 24.7 Å². The summed E-state index contributed by atoms with van der Waals surface area (Å²) >= 11 is 0. The summed E-state index contributed by atoms with van der Waals surface area (Å²) in [6, 6.07) is 25.6. The Labute approximate surface area is 685 Å². The van der Waals surface area contributed by atoms with Crippen LogP contribution in [0.5, 0.6) is 5.75 Å². The number of H-pyrrole nitrogens is 1. The number of hydrogen-bond acceptors (Lipinski definition) is 21. The number of fused-ring (bicyclic) bond motifs is 1. The average Bonchev–Trinajstić information content (AvgIpc) is 1.64. The normalized spacial score (nSPS) is 22.7. The highest BCUT2D eigenvalue weighted by Gasteiger charge is 2.40. The number of nitrogens with two attached hydrogens (primary N) is 2. The Kier molecular flexibility index (Phi) is 35.8. The molecule has 0 aliphatic carbocycles. The Morgan fingerprint density at radius 2 is 0.863 bits per heavy atom. The molecule has 14 unspecified atom stereocenters. The second kappa shape index (κ2) is 45.9. The number of rotatable bonds is 25. The Morgan fingerprint density at radius 1 is 0.462 bits per heavy atom. The number of aromatic nitrogens is 1. The molecule has 34 heteroatoms. The maximum atomic E-state index is 15.7. The van der Waals surface area contributed by atoms with E-state index in [2.05, 4.69) is 68.8 Å². The number of aliphatic hydroxyl groups excluding tert-OH is 3. The van der Waals surface area contributed by atoms with E-state index >= 15 is 24.0 Å². The minimum absolute atomic E-state index is 0.0533. The van der Waals surface area contributed by atoms with Gasteiger partial charge < -0.3 is 106 Å². The van der Waals surface area contributed by atoms with Crippen molar-refractivity contribution in [3.05, 3.63) is 209 Å². The molecule has 14 atom stereocenters. The van der Waals surface area contributed by atoms with Crippen LogP contribution in [0.15, 0.2) is 170 Å². The molecular weight excluding hydrogens is 1540 g/mol. The van der Waals surface area contributed by atoms with Crippen molar-refractivity contribution >= 4 is 103 Å². The minimum atomic E-state index is -1.96. The highest BCUT2D eigenvalue weighted by Crippen LogP contribution is 2.25. The molecule has 11 amide bonds. The molecule has 0 bridgehead atoms. The Hall–Kier alpha value is -11.2. The molecule has 1 aliphatic heterocycles. The average molecular weight is 1650 g/mol. The van der Waals surface area contributed by atoms with E-state index in [1.165, 1.54) is 31.2 Å². The Bertz CT molecular complexity index is 4470. The number of carboxylic acids is 1. The zero-order valence-electron chi connectivity index (χ0n) is 65.3. The van der Waals surface area contributed by atoms with Gasteiger partial charge in [0.05, 0.1) is 24.9 Å². The number of para-hydroxylation sites is 1. The highest BCUT2D eigenvalue weighted by atomic mass is 33.1. The van der Waals surface area contributed by atoms with Crippen LogP contribution in [-0.2, 0) is 103 Å². The number of phenols is 1. The van der Waals surface area contributed by atoms with Gasteiger partial charge in [0.1, 0.15) is 72.2 Å². The zero-order chi connectivity index (χ0) is 84.7. The first-order chi connectivity index (χ1) is 56.1. The van der Waals surface area contributed by atoms with E-state index in [4.69, 9.17) is 11.5 Å². The van der Waals surface area contributed by atoms with Gasteiger partial charge in [0.2, 0.25) is 65.0 Å². The first kappa shape index (κ1) is 91.3. The number of amides is 11. The van der Waals surface area contributed by atoms with Crippen molar-refractivity contribution in [2.45, 2.75) is 183 Å². The molecular formula is C83H105N15O17S2. The number of aliphatic carboxylic acids is 1. The van der Waals surface area contributed by atoms with Crippen molar-refractivity contribution < 1.29 is 83.1 Å². The van der Waals surface area contributed by atoms with Crippen molar-refractivity contribution in [2.24, 2.45) is 11.5 Å². The minimum Gasteiger partial charge on any atom is -0.508 e. The van der Waals surface area contributed by atoms with Crippen molar-refractivity contribution in [3.63, 3.8) is 0 Å². The first-order valence-corrected chi connectivity index (χ1v) is 41.0. The number of phenolic OH excluding ortho intramolecular Hbond substituents is 1. The smallest absolute Gasteiger partial charge is 0.327 e. The standard InChI is InChI=1S/C83H105N15O17S2/c1-47(2)86-42-55-29-27-54(28-30-55)40-64-77(108)97-70(48(3)100)81(112)93-65(39-52-22-12-7-13-23-52)78(109)98-71(49(4)101)82(113)94-67(44-99)79(110)96-69(83(114)115)46-117-116-45-68(95-72(103)59(85)36-53-31-33-57(102)34-32-53)80(111)88-61(26-16-17-35-84)73(104)89-62(37-50-18-8-5-9-19-50)74(105)90-63(38-51-20-10-6-11-21-51)75(106)92-66(76(107)91-64)41-56-43-87-60-25-15-14-24-58(56)60/h5-15,18-25,27-34,43,47-49,59,61-71,86-87,99-102H,16-17,26,35-42,44-46,84-85H2,1-4H3,(H,88,111)(H,89,104)(H,90,105)(H,91,107)(H,92,106)(H,93,112)(H,94,113)(H,95,103)(H,96,110)(H,97,108)(H,98,109)(H,114,115). The van der Waals surface area contributed by atoms with Gasteiger partial charge in [0, 0.05) is 73.3 Å². The quantitative estimate of drug-likeness (QED) is 0.0267. The van der Waals surface area contributed by atoms with Gasteiger partial charge in [-0.05, 0) is 103 Å². The molecule has 1 aliphatic rings. The van der Waals surface area contributed by atoms with Gasteiger partial charge in [-0.15, -0.1) is 0 Å². The van der Waals surface area contributed by atoms with Crippen molar-refractivity contribution in [3.8, 4) is 5.75 Å². The van der Waals surface area contributed by atoms with Gasteiger partial charge in [-0.1, -0.05) is 181 Å². The van der Waals surface area contributed by atoms with E-state index in [-0.39, 0.29) is 75.5 Å². The number of carbonyl (C=O) groups is 12. The lowest BCUT2D eigenvalue weighted by atomic mass is 9.99. The number of carbonyl (C=O) groups excluding carboxylic acids is 11. The van der Waals surface area contributed by atoms with E-state index in [0.717, 1.165) is 34.1 Å². The van der Waals surface area contributed by atoms with Crippen LogP contribution in [-0.4, -0.2) is 217 Å². The van der Waals surface area contributed by atoms with E-state index in [1.807, 2.05) is 26.0 Å². The summed E-state index contributed by atoms with van der Waals surface area (Å²) in [5.74, 6) is -13.8. The van der Waals surface area contributed by atoms with E-state index in [0.29, 0.717) is 57.2 Å². The van der Waals surface area contributed by atoms with Gasteiger partial charge in [-0.2, -0.15) is 0 Å². The summed E-state index contributed by atoms with van der Waals surface area (Å²) < 4.78 is 0. The van der Waals surface area contributed by atoms with Crippen LogP contribution < -0.4 is 75.3 Å². The van der Waals surface area contributed by atoms with Gasteiger partial charge in [-0.3, -0.25) is 52.7 Å². The number of benzene rings is 6. The predicted octanol–water partition coefficient (Wildman–Crippen LogP) is 0.150. The lowest BCUT2D eigenvalue weighted by Crippen LogP contribution is -2.63. The van der Waals surface area contributed by atoms with Crippen molar-refractivity contribution in [1.29, 1.82) is 0 Å². The number of aliphatic hydroxyl groups is 3. The van der Waals surface area contributed by atoms with Gasteiger partial charge in [0.15, 0.2) is 0 Å². The van der Waals surface area contributed by atoms with E-state index in [9.17, 15) is 59.1 Å². The lowest BCUT2D eigenvalue weighted by Gasteiger charge is -2.29. The van der Waals surface area contributed by atoms with Gasteiger partial charge in [-0.25, -0.2) is 4.79 Å². The van der Waals surface area contributed by atoms with Gasteiger partial charge in [0.25, 0.3) is 0 Å². The third kappa shape index (κ3) is 28.9. The SMILES string of the molecule is CC(C)NCc1ccc(CC2NC(=O)C(Cc3c[nH]c4ccccc34)NC(=O)C(Cc3ccccc3)NC(=O)C(Cc3ccccc3)NC(=O)C(CCCCN)NC(=O)C(NC(=O)C(N)Cc3ccc(O)cc3)CSSCC(C(=O)O)NC(=O)C(CO)NC(=O)C(C(C)O)NC(=O)C(Cc3ccccc3)NC(=O)C(C(C)O)NC2=O)cc1. The van der Waals surface area contributed by atoms with E-state index < -0.39 is 168 Å². The largest absolute Gasteiger partial charge is 0.508 e. The van der Waals surface area contributed by atoms with Crippen LogP contribution >= 0.6 is 21.6 Å². The van der Waals surface area contributed by atoms with Crippen LogP contribution in [0, 0.1) is 0 Å².